The van der Waals surface area contributed by atoms with Crippen LogP contribution in [0.5, 0.6) is 5.75 Å². The van der Waals surface area contributed by atoms with Crippen molar-refractivity contribution >= 4 is 11.6 Å². The first-order chi connectivity index (χ1) is 14.8. The normalized spacial score (nSPS) is 11.0. The van der Waals surface area contributed by atoms with Crippen LogP contribution < -0.4 is 10.4 Å². The number of hydrogen-bond acceptors (Lipinski definition) is 6. The summed E-state index contributed by atoms with van der Waals surface area (Å²) in [5.41, 5.74) is 2.80. The molecule has 0 aliphatic rings. The molecule has 0 unspecified atom stereocenters. The van der Waals surface area contributed by atoms with Crippen LogP contribution in [0.25, 0.3) is 17.1 Å². The molecule has 4 aromatic rings. The van der Waals surface area contributed by atoms with Crippen LogP contribution in [0.15, 0.2) is 47.5 Å². The van der Waals surface area contributed by atoms with E-state index in [2.05, 4.69) is 20.4 Å². The van der Waals surface area contributed by atoms with Gasteiger partial charge in [0.25, 0.3) is 0 Å². The molecule has 158 valence electrons. The van der Waals surface area contributed by atoms with Gasteiger partial charge in [0, 0.05) is 31.1 Å². The molecule has 0 atom stereocenters. The lowest BCUT2D eigenvalue weighted by Gasteiger charge is -2.15. The molecule has 0 saturated heterocycles. The highest BCUT2D eigenvalue weighted by Gasteiger charge is 2.16. The Balaban J connectivity index is 1.65. The summed E-state index contributed by atoms with van der Waals surface area (Å²) in [6.07, 6.45) is 2.83. The van der Waals surface area contributed by atoms with Crippen molar-refractivity contribution in [3.05, 3.63) is 80.7 Å². The lowest BCUT2D eigenvalue weighted by atomic mass is 10.1. The van der Waals surface area contributed by atoms with E-state index in [0.717, 1.165) is 15.8 Å². The van der Waals surface area contributed by atoms with Crippen LogP contribution in [-0.4, -0.2) is 29.8 Å². The van der Waals surface area contributed by atoms with Crippen LogP contribution in [0.2, 0.25) is 5.02 Å². The number of benzene rings is 2. The van der Waals surface area contributed by atoms with Crippen molar-refractivity contribution in [2.24, 2.45) is 7.05 Å². The van der Waals surface area contributed by atoms with Gasteiger partial charge >= 0.3 is 5.69 Å². The van der Waals surface area contributed by atoms with E-state index in [0.29, 0.717) is 22.0 Å². The Bertz CT molecular complexity index is 1320. The molecule has 0 saturated carbocycles. The number of ether oxygens (including phenoxy) is 1. The maximum atomic E-state index is 14.8. The highest BCUT2D eigenvalue weighted by atomic mass is 35.5. The van der Waals surface area contributed by atoms with Crippen LogP contribution in [-0.2, 0) is 13.7 Å². The zero-order valence-corrected chi connectivity index (χ0v) is 17.8. The van der Waals surface area contributed by atoms with Crippen LogP contribution in [0.3, 0.4) is 0 Å². The monoisotopic (exact) mass is 440 g/mol. The molecule has 0 fully saturated rings. The largest absolute Gasteiger partial charge is 0.488 e. The van der Waals surface area contributed by atoms with Crippen LogP contribution in [0.1, 0.15) is 16.7 Å². The maximum absolute atomic E-state index is 14.8. The number of rotatable bonds is 5. The first kappa shape index (κ1) is 20.7. The highest BCUT2D eigenvalue weighted by molar-refractivity contribution is 6.30. The predicted molar refractivity (Wildman–Crippen MR) is 113 cm³/mol. The van der Waals surface area contributed by atoms with Crippen molar-refractivity contribution in [1.82, 2.24) is 29.8 Å². The summed E-state index contributed by atoms with van der Waals surface area (Å²) in [7, 11) is 1.52. The predicted octanol–water partition coefficient (Wildman–Crippen LogP) is 3.41. The molecule has 0 N–H and O–H groups in total. The number of halogens is 2. The lowest BCUT2D eigenvalue weighted by Crippen LogP contribution is -2.23. The molecule has 0 radical (unpaired) electrons. The van der Waals surface area contributed by atoms with E-state index in [1.54, 1.807) is 19.1 Å². The molecule has 4 rings (SSSR count). The van der Waals surface area contributed by atoms with Gasteiger partial charge in [0.2, 0.25) is 0 Å². The molecule has 0 amide bonds. The second-order valence-corrected chi connectivity index (χ2v) is 7.42. The van der Waals surface area contributed by atoms with Crippen molar-refractivity contribution in [1.29, 1.82) is 0 Å². The van der Waals surface area contributed by atoms with Gasteiger partial charge in [-0.25, -0.2) is 19.2 Å². The third-order valence-corrected chi connectivity index (χ3v) is 5.03. The Morgan fingerprint density at radius 2 is 1.84 bits per heavy atom. The Kier molecular flexibility index (Phi) is 5.51. The molecule has 0 spiro atoms. The molecule has 0 bridgehead atoms. The van der Waals surface area contributed by atoms with E-state index >= 15 is 0 Å². The van der Waals surface area contributed by atoms with Crippen molar-refractivity contribution in [2.75, 3.05) is 0 Å². The highest BCUT2D eigenvalue weighted by Crippen LogP contribution is 2.29. The standard InChI is InChI=1S/C21H18ClFN6O2/c1-12-5-4-6-18(29-21(30)28(3)26-27-29)16(12)11-31-19-8-17(23)15(7-13(19)2)20-24-9-14(22)10-25-20/h4-10H,11H2,1-3H3. The summed E-state index contributed by atoms with van der Waals surface area (Å²) in [5.74, 6) is 0.0914. The number of aryl methyl sites for hydroxylation is 3. The molecule has 10 heteroatoms. The zero-order chi connectivity index (χ0) is 22.1. The van der Waals surface area contributed by atoms with Gasteiger partial charge in [-0.3, -0.25) is 0 Å². The minimum absolute atomic E-state index is 0.113. The summed E-state index contributed by atoms with van der Waals surface area (Å²) in [6.45, 7) is 3.82. The molecule has 31 heavy (non-hydrogen) atoms. The first-order valence-electron chi connectivity index (χ1n) is 9.34. The van der Waals surface area contributed by atoms with E-state index < -0.39 is 5.82 Å². The van der Waals surface area contributed by atoms with Crippen LogP contribution in [0.4, 0.5) is 4.39 Å². The van der Waals surface area contributed by atoms with E-state index in [9.17, 15) is 9.18 Å². The first-order valence-corrected chi connectivity index (χ1v) is 9.71. The van der Waals surface area contributed by atoms with Gasteiger partial charge in [-0.05, 0) is 47.5 Å². The average Bonchev–Trinajstić information content (AvgIpc) is 3.08. The maximum Gasteiger partial charge on any atom is 0.368 e. The fourth-order valence-corrected chi connectivity index (χ4v) is 3.23. The van der Waals surface area contributed by atoms with E-state index in [1.165, 1.54) is 30.2 Å². The minimum atomic E-state index is -0.516. The minimum Gasteiger partial charge on any atom is -0.488 e. The van der Waals surface area contributed by atoms with Gasteiger partial charge in [0.05, 0.1) is 16.3 Å². The van der Waals surface area contributed by atoms with Crippen molar-refractivity contribution in [3.63, 3.8) is 0 Å². The van der Waals surface area contributed by atoms with Gasteiger partial charge in [0.1, 0.15) is 18.2 Å². The smallest absolute Gasteiger partial charge is 0.368 e. The number of aromatic nitrogens is 6. The number of nitrogens with zero attached hydrogens (tertiary/aromatic N) is 6. The third-order valence-electron chi connectivity index (χ3n) is 4.83. The molecule has 2 heterocycles. The fraction of sp³-hybridized carbons (Fsp3) is 0.190. The Hall–Kier alpha value is -3.59. The van der Waals surface area contributed by atoms with E-state index in [1.807, 2.05) is 19.1 Å². The van der Waals surface area contributed by atoms with E-state index in [4.69, 9.17) is 16.3 Å². The van der Waals surface area contributed by atoms with Gasteiger partial charge in [-0.1, -0.05) is 23.7 Å². The molecule has 2 aromatic carbocycles. The van der Waals surface area contributed by atoms with Crippen molar-refractivity contribution in [2.45, 2.75) is 20.5 Å². The molecule has 0 aliphatic carbocycles. The Morgan fingerprint density at radius 1 is 1.10 bits per heavy atom. The number of tetrazole rings is 1. The van der Waals surface area contributed by atoms with Crippen molar-refractivity contribution in [3.8, 4) is 22.8 Å². The van der Waals surface area contributed by atoms with Gasteiger partial charge in [0.15, 0.2) is 5.82 Å². The van der Waals surface area contributed by atoms with E-state index in [-0.39, 0.29) is 23.7 Å². The topological polar surface area (TPSA) is 87.7 Å². The summed E-state index contributed by atoms with van der Waals surface area (Å²) in [4.78, 5) is 20.4. The summed E-state index contributed by atoms with van der Waals surface area (Å²) in [6, 6.07) is 8.41. The van der Waals surface area contributed by atoms with Crippen LogP contribution >= 0.6 is 11.6 Å². The molecule has 2 aromatic heterocycles. The SMILES string of the molecule is Cc1cc(-c2ncc(Cl)cn2)c(F)cc1OCc1c(C)cccc1-n1nnn(C)c1=O. The Morgan fingerprint density at radius 3 is 2.52 bits per heavy atom. The lowest BCUT2D eigenvalue weighted by molar-refractivity contribution is 0.301. The molecular formula is C21H18ClFN6O2. The summed E-state index contributed by atoms with van der Waals surface area (Å²) in [5, 5.41) is 8.03. The zero-order valence-electron chi connectivity index (χ0n) is 17.0. The Labute approximate surface area is 181 Å². The van der Waals surface area contributed by atoms with Gasteiger partial charge < -0.3 is 4.74 Å². The third kappa shape index (κ3) is 4.04. The molecule has 8 nitrogen and oxygen atoms in total. The van der Waals surface area contributed by atoms with Gasteiger partial charge in [-0.2, -0.15) is 9.36 Å². The quantitative estimate of drug-likeness (QED) is 0.472. The summed E-state index contributed by atoms with van der Waals surface area (Å²) >= 11 is 5.81. The van der Waals surface area contributed by atoms with Gasteiger partial charge in [-0.15, -0.1) is 0 Å². The fourth-order valence-electron chi connectivity index (χ4n) is 3.13. The average molecular weight is 441 g/mol. The second kappa shape index (κ2) is 8.27. The number of hydrogen-bond donors (Lipinski definition) is 0. The molecular weight excluding hydrogens is 423 g/mol. The summed E-state index contributed by atoms with van der Waals surface area (Å²) < 4.78 is 23.0. The second-order valence-electron chi connectivity index (χ2n) is 6.98. The van der Waals surface area contributed by atoms with Crippen molar-refractivity contribution < 1.29 is 9.13 Å². The van der Waals surface area contributed by atoms with Crippen LogP contribution in [0, 0.1) is 19.7 Å². The molecule has 0 aliphatic heterocycles.